The fourth-order valence-corrected chi connectivity index (χ4v) is 4.45. The number of amides is 1. The van der Waals surface area contributed by atoms with Crippen LogP contribution in [0.25, 0.3) is 0 Å². The van der Waals surface area contributed by atoms with Crippen LogP contribution in [0.3, 0.4) is 0 Å². The van der Waals surface area contributed by atoms with E-state index in [1.807, 2.05) is 18.7 Å². The lowest BCUT2D eigenvalue weighted by molar-refractivity contribution is 0.0774. The summed E-state index contributed by atoms with van der Waals surface area (Å²) >= 11 is 0. The second kappa shape index (κ2) is 5.69. The molecule has 0 spiro atoms. The van der Waals surface area contributed by atoms with E-state index in [-0.39, 0.29) is 11.3 Å². The summed E-state index contributed by atoms with van der Waals surface area (Å²) in [6.45, 7) is 4.97. The van der Waals surface area contributed by atoms with Crippen LogP contribution in [0.2, 0.25) is 0 Å². The van der Waals surface area contributed by atoms with Crippen molar-refractivity contribution in [2.75, 3.05) is 13.1 Å². The topological polar surface area (TPSA) is 83.0 Å². The van der Waals surface area contributed by atoms with Gasteiger partial charge in [-0.15, -0.1) is 0 Å². The normalized spacial score (nSPS) is 25.0. The van der Waals surface area contributed by atoms with Crippen molar-refractivity contribution in [3.05, 3.63) is 46.6 Å². The average molecular weight is 336 g/mol. The molecule has 1 aliphatic heterocycles. The first-order chi connectivity index (χ1) is 12.0. The Kier molecular flexibility index (Phi) is 3.60. The highest BCUT2D eigenvalue weighted by Crippen LogP contribution is 2.50. The molecule has 2 fully saturated rings. The molecule has 25 heavy (non-hydrogen) atoms. The maximum atomic E-state index is 13.1. The molecule has 0 bridgehead atoms. The van der Waals surface area contributed by atoms with Crippen molar-refractivity contribution in [1.82, 2.24) is 15.0 Å². The van der Waals surface area contributed by atoms with Gasteiger partial charge in [0, 0.05) is 18.7 Å². The maximum Gasteiger partial charge on any atom is 0.254 e. The number of hydrogen-bond acceptors (Lipinski definition) is 5. The van der Waals surface area contributed by atoms with Crippen LogP contribution >= 0.6 is 0 Å². The van der Waals surface area contributed by atoms with E-state index < -0.39 is 0 Å². The fraction of sp³-hybridized carbons (Fsp3) is 0.474. The van der Waals surface area contributed by atoms with Crippen LogP contribution in [-0.2, 0) is 5.41 Å². The van der Waals surface area contributed by atoms with E-state index in [1.165, 1.54) is 0 Å². The van der Waals surface area contributed by atoms with Crippen LogP contribution < -0.4 is 0 Å². The number of fused-ring (bicyclic) bond motifs is 1. The quantitative estimate of drug-likeness (QED) is 0.842. The Morgan fingerprint density at radius 1 is 1.44 bits per heavy atom. The number of benzene rings is 1. The third kappa shape index (κ3) is 2.34. The number of rotatable bonds is 2. The summed E-state index contributed by atoms with van der Waals surface area (Å²) in [6.07, 6.45) is 3.17. The van der Waals surface area contributed by atoms with E-state index in [1.54, 1.807) is 18.2 Å². The number of nitriles is 1. The Labute approximate surface area is 146 Å². The van der Waals surface area contributed by atoms with Crippen molar-refractivity contribution < 1.29 is 9.32 Å². The highest BCUT2D eigenvalue weighted by molar-refractivity contribution is 5.96. The number of hydrogen-bond donors (Lipinski definition) is 0. The second-order valence-electron chi connectivity index (χ2n) is 7.17. The Hall–Kier alpha value is -2.68. The van der Waals surface area contributed by atoms with Gasteiger partial charge in [0.1, 0.15) is 0 Å². The molecule has 1 aromatic carbocycles. The molecule has 0 unspecified atom stereocenters. The van der Waals surface area contributed by atoms with Crippen molar-refractivity contribution in [3.63, 3.8) is 0 Å². The van der Waals surface area contributed by atoms with Gasteiger partial charge < -0.3 is 9.42 Å². The van der Waals surface area contributed by atoms with E-state index in [9.17, 15) is 10.1 Å². The lowest BCUT2D eigenvalue weighted by atomic mass is 9.80. The predicted molar refractivity (Wildman–Crippen MR) is 89.9 cm³/mol. The summed E-state index contributed by atoms with van der Waals surface area (Å²) in [4.78, 5) is 19.5. The van der Waals surface area contributed by atoms with Crippen LogP contribution in [0, 0.1) is 31.1 Å². The van der Waals surface area contributed by atoms with Crippen molar-refractivity contribution in [2.24, 2.45) is 5.92 Å². The number of carbonyl (C=O) groups excluding carboxylic acids is 1. The van der Waals surface area contributed by atoms with Gasteiger partial charge in [-0.2, -0.15) is 10.2 Å². The lowest BCUT2D eigenvalue weighted by Gasteiger charge is -2.24. The first-order valence-electron chi connectivity index (χ1n) is 8.65. The lowest BCUT2D eigenvalue weighted by Crippen LogP contribution is -2.35. The molecule has 4 rings (SSSR count). The van der Waals surface area contributed by atoms with Gasteiger partial charge in [0.25, 0.3) is 5.91 Å². The standard InChI is InChI=1S/C19H20N4O2/c1-12-14(9-20)5-3-7-16(12)17(24)23-10-15-6-4-8-19(15,11-23)18-21-13(2)22-25-18/h3,5,7,15H,4,6,8,10-11H2,1-2H3/t15-,19-/m0/s1. The largest absolute Gasteiger partial charge is 0.339 e. The minimum absolute atomic E-state index is 0.0142. The maximum absolute atomic E-state index is 13.1. The summed E-state index contributed by atoms with van der Waals surface area (Å²) in [5.74, 6) is 1.65. The molecule has 2 atom stereocenters. The molecule has 1 saturated heterocycles. The molecule has 1 aromatic heterocycles. The summed E-state index contributed by atoms with van der Waals surface area (Å²) < 4.78 is 5.50. The van der Waals surface area contributed by atoms with Gasteiger partial charge in [-0.05, 0) is 50.3 Å². The SMILES string of the molecule is Cc1noc([C@]23CCC[C@H]2CN(C(=O)c2cccc(C#N)c2C)C3)n1. The Morgan fingerprint density at radius 3 is 3.00 bits per heavy atom. The van der Waals surface area contributed by atoms with Gasteiger partial charge in [0.05, 0.1) is 17.0 Å². The second-order valence-corrected chi connectivity index (χ2v) is 7.17. The van der Waals surface area contributed by atoms with Crippen molar-refractivity contribution >= 4 is 5.91 Å². The number of carbonyl (C=O) groups is 1. The molecular weight excluding hydrogens is 316 g/mol. The van der Waals surface area contributed by atoms with Crippen LogP contribution in [0.15, 0.2) is 22.7 Å². The zero-order valence-corrected chi connectivity index (χ0v) is 14.5. The third-order valence-electron chi connectivity index (χ3n) is 5.80. The summed E-state index contributed by atoms with van der Waals surface area (Å²) in [5.41, 5.74) is 1.69. The highest BCUT2D eigenvalue weighted by atomic mass is 16.5. The van der Waals surface area contributed by atoms with E-state index in [0.717, 1.165) is 24.8 Å². The van der Waals surface area contributed by atoms with Gasteiger partial charge in [-0.1, -0.05) is 17.6 Å². The molecule has 2 aromatic rings. The summed E-state index contributed by atoms with van der Waals surface area (Å²) in [5, 5.41) is 13.2. The van der Waals surface area contributed by atoms with E-state index in [0.29, 0.717) is 41.8 Å². The molecule has 1 saturated carbocycles. The van der Waals surface area contributed by atoms with Crippen molar-refractivity contribution in [2.45, 2.75) is 38.5 Å². The molecule has 6 heteroatoms. The van der Waals surface area contributed by atoms with E-state index >= 15 is 0 Å². The fourth-order valence-electron chi connectivity index (χ4n) is 4.45. The minimum atomic E-state index is -0.211. The van der Waals surface area contributed by atoms with Crippen LogP contribution in [0.5, 0.6) is 0 Å². The van der Waals surface area contributed by atoms with Gasteiger partial charge >= 0.3 is 0 Å². The molecule has 6 nitrogen and oxygen atoms in total. The molecule has 1 aliphatic carbocycles. The summed E-state index contributed by atoms with van der Waals surface area (Å²) in [7, 11) is 0. The Morgan fingerprint density at radius 2 is 2.28 bits per heavy atom. The zero-order valence-electron chi connectivity index (χ0n) is 14.5. The van der Waals surface area contributed by atoms with Gasteiger partial charge in [-0.25, -0.2) is 0 Å². The molecule has 1 amide bonds. The number of likely N-dealkylation sites (tertiary alicyclic amines) is 1. The minimum Gasteiger partial charge on any atom is -0.339 e. The van der Waals surface area contributed by atoms with E-state index in [2.05, 4.69) is 16.2 Å². The Bertz CT molecular complexity index is 882. The molecule has 0 N–H and O–H groups in total. The van der Waals surface area contributed by atoms with Crippen molar-refractivity contribution in [3.8, 4) is 6.07 Å². The highest BCUT2D eigenvalue weighted by Gasteiger charge is 2.55. The molecule has 128 valence electrons. The molecular formula is C19H20N4O2. The van der Waals surface area contributed by atoms with Crippen LogP contribution in [0.1, 0.15) is 52.5 Å². The van der Waals surface area contributed by atoms with Gasteiger partial charge in [0.15, 0.2) is 5.82 Å². The number of aryl methyl sites for hydroxylation is 1. The third-order valence-corrected chi connectivity index (χ3v) is 5.80. The molecule has 2 aliphatic rings. The van der Waals surface area contributed by atoms with Crippen LogP contribution in [-0.4, -0.2) is 34.0 Å². The molecule has 0 radical (unpaired) electrons. The smallest absolute Gasteiger partial charge is 0.254 e. The first kappa shape index (κ1) is 15.8. The number of nitrogens with zero attached hydrogens (tertiary/aromatic N) is 4. The number of aromatic nitrogens is 2. The summed E-state index contributed by atoms with van der Waals surface area (Å²) in [6, 6.07) is 7.47. The van der Waals surface area contributed by atoms with E-state index in [4.69, 9.17) is 4.52 Å². The van der Waals surface area contributed by atoms with Crippen LogP contribution in [0.4, 0.5) is 0 Å². The first-order valence-corrected chi connectivity index (χ1v) is 8.65. The van der Waals surface area contributed by atoms with Gasteiger partial charge in [-0.3, -0.25) is 4.79 Å². The average Bonchev–Trinajstić information content (AvgIpc) is 3.28. The predicted octanol–water partition coefficient (Wildman–Crippen LogP) is 2.75. The Balaban J connectivity index is 1.66. The zero-order chi connectivity index (χ0) is 17.6. The monoisotopic (exact) mass is 336 g/mol. The molecule has 2 heterocycles. The van der Waals surface area contributed by atoms with Crippen molar-refractivity contribution in [1.29, 1.82) is 5.26 Å². The van der Waals surface area contributed by atoms with Gasteiger partial charge in [0.2, 0.25) is 5.89 Å².